The predicted octanol–water partition coefficient (Wildman–Crippen LogP) is 3.31. The molecule has 1 unspecified atom stereocenters. The van der Waals surface area contributed by atoms with E-state index in [4.69, 9.17) is 9.47 Å². The molecule has 0 radical (unpaired) electrons. The van der Waals surface area contributed by atoms with Crippen LogP contribution in [0.1, 0.15) is 28.5 Å². The van der Waals surface area contributed by atoms with E-state index in [1.165, 1.54) is 18.2 Å². The van der Waals surface area contributed by atoms with Gasteiger partial charge in [-0.3, -0.25) is 4.90 Å². The number of carbonyl (C=O) groups is 1. The molecule has 2 aliphatic heterocycles. The van der Waals surface area contributed by atoms with Gasteiger partial charge < -0.3 is 14.0 Å². The Morgan fingerprint density at radius 3 is 2.70 bits per heavy atom. The lowest BCUT2D eigenvalue weighted by Gasteiger charge is -2.26. The largest absolute Gasteiger partial charge is 0.611 e. The van der Waals surface area contributed by atoms with Gasteiger partial charge in [0.15, 0.2) is 10.6 Å². The van der Waals surface area contributed by atoms with Crippen molar-refractivity contribution in [1.29, 1.82) is 0 Å². The van der Waals surface area contributed by atoms with Crippen LogP contribution in [0.25, 0.3) is 16.9 Å². The van der Waals surface area contributed by atoms with Gasteiger partial charge >= 0.3 is 5.97 Å². The minimum Gasteiger partial charge on any atom is -0.611 e. The first-order valence-corrected chi connectivity index (χ1v) is 12.2. The highest BCUT2D eigenvalue weighted by atomic mass is 32.2. The van der Waals surface area contributed by atoms with Crippen molar-refractivity contribution in [3.05, 3.63) is 65.1 Å². The van der Waals surface area contributed by atoms with Crippen molar-refractivity contribution in [3.63, 3.8) is 0 Å². The quantitative estimate of drug-likeness (QED) is 0.421. The molecule has 1 aromatic heterocycles. The number of carbonyl (C=O) groups excluding carboxylic acids is 1. The van der Waals surface area contributed by atoms with E-state index in [0.717, 1.165) is 44.1 Å². The first-order chi connectivity index (χ1) is 16.0. The minimum absolute atomic E-state index is 0.118. The van der Waals surface area contributed by atoms with Gasteiger partial charge in [0.05, 0.1) is 42.3 Å². The van der Waals surface area contributed by atoms with Gasteiger partial charge in [-0.15, -0.1) is 0 Å². The summed E-state index contributed by atoms with van der Waals surface area (Å²) >= 11 is -1.41. The molecular weight excluding hydrogens is 445 g/mol. The number of aromatic nitrogens is 2. The highest BCUT2D eigenvalue weighted by Gasteiger charge is 2.36. The number of nitrogens with zero attached hydrogens (tertiary/aromatic N) is 3. The van der Waals surface area contributed by atoms with E-state index in [2.05, 4.69) is 10.00 Å². The number of ether oxygens (including phenoxy) is 2. The maximum atomic E-state index is 14.2. The average molecular weight is 470 g/mol. The van der Waals surface area contributed by atoms with Gasteiger partial charge in [0.2, 0.25) is 0 Å². The lowest BCUT2D eigenvalue weighted by molar-refractivity contribution is 0.0342. The van der Waals surface area contributed by atoms with Crippen LogP contribution in [0, 0.1) is 5.82 Å². The number of esters is 1. The van der Waals surface area contributed by atoms with E-state index in [-0.39, 0.29) is 18.1 Å². The normalized spacial score (nSPS) is 18.0. The Kier molecular flexibility index (Phi) is 6.20. The molecule has 3 heterocycles. The molecule has 172 valence electrons. The number of fused-ring (bicyclic) bond motifs is 3. The fourth-order valence-electron chi connectivity index (χ4n) is 4.27. The molecule has 5 rings (SSSR count). The van der Waals surface area contributed by atoms with Crippen molar-refractivity contribution in [1.82, 2.24) is 14.7 Å². The number of halogens is 1. The van der Waals surface area contributed by atoms with E-state index in [9.17, 15) is 13.7 Å². The van der Waals surface area contributed by atoms with E-state index in [1.54, 1.807) is 11.6 Å². The lowest BCUT2D eigenvalue weighted by Crippen LogP contribution is -2.35. The van der Waals surface area contributed by atoms with E-state index in [0.29, 0.717) is 21.7 Å². The van der Waals surface area contributed by atoms with E-state index >= 15 is 0 Å². The molecule has 2 aromatic carbocycles. The molecule has 0 bridgehead atoms. The van der Waals surface area contributed by atoms with Crippen LogP contribution in [0.5, 0.6) is 0 Å². The Morgan fingerprint density at radius 1 is 1.21 bits per heavy atom. The number of morpholine rings is 1. The number of rotatable bonds is 5. The summed E-state index contributed by atoms with van der Waals surface area (Å²) in [5.74, 6) is -0.893. The van der Waals surface area contributed by atoms with Crippen LogP contribution in [0.2, 0.25) is 0 Å². The highest BCUT2D eigenvalue weighted by Crippen LogP contribution is 2.41. The molecule has 0 aliphatic carbocycles. The third-order valence-electron chi connectivity index (χ3n) is 5.86. The summed E-state index contributed by atoms with van der Waals surface area (Å²) < 4.78 is 39.3. The number of hydrogen-bond acceptors (Lipinski definition) is 6. The van der Waals surface area contributed by atoms with Crippen LogP contribution >= 0.6 is 0 Å². The molecule has 0 saturated carbocycles. The maximum absolute atomic E-state index is 14.2. The molecule has 0 spiro atoms. The smallest absolute Gasteiger partial charge is 0.359 e. The van der Waals surface area contributed by atoms with Crippen molar-refractivity contribution in [3.8, 4) is 16.9 Å². The summed E-state index contributed by atoms with van der Waals surface area (Å²) in [5, 5.41) is 4.55. The standard InChI is InChI=1S/C24H24FN3O4S/c1-2-32-24(29)22-20-15-33(30)21-8-5-17(25)13-19(21)23(20)28(26-22)18-6-3-16(4-7-18)14-27-9-11-31-12-10-27/h3-8,13H,2,9-12,14-15H2,1H3. The Labute approximate surface area is 194 Å². The Hall–Kier alpha value is -2.72. The third kappa shape index (κ3) is 4.29. The molecule has 9 heteroatoms. The molecule has 7 nitrogen and oxygen atoms in total. The summed E-state index contributed by atoms with van der Waals surface area (Å²) in [6, 6.07) is 12.1. The van der Waals surface area contributed by atoms with Crippen molar-refractivity contribution < 1.29 is 23.2 Å². The zero-order chi connectivity index (χ0) is 22.9. The van der Waals surface area contributed by atoms with Crippen LogP contribution in [0.4, 0.5) is 4.39 Å². The van der Waals surface area contributed by atoms with Crippen molar-refractivity contribution in [2.75, 3.05) is 32.9 Å². The topological polar surface area (TPSA) is 79.7 Å². The summed E-state index contributed by atoms with van der Waals surface area (Å²) in [7, 11) is 0. The SMILES string of the molecule is CCOC(=O)c1nn(-c2ccc(CN3CCOCC3)cc2)c2c1C[S+]([O-])c1ccc(F)cc1-2. The minimum atomic E-state index is -1.41. The summed E-state index contributed by atoms with van der Waals surface area (Å²) in [4.78, 5) is 15.5. The molecule has 3 aromatic rings. The average Bonchev–Trinajstić information content (AvgIpc) is 3.20. The van der Waals surface area contributed by atoms with Crippen LogP contribution in [-0.4, -0.2) is 58.1 Å². The highest BCUT2D eigenvalue weighted by molar-refractivity contribution is 7.90. The number of benzene rings is 2. The van der Waals surface area contributed by atoms with Gasteiger partial charge in [-0.2, -0.15) is 5.10 Å². The second-order valence-electron chi connectivity index (χ2n) is 7.99. The maximum Gasteiger partial charge on any atom is 0.359 e. The first-order valence-electron chi connectivity index (χ1n) is 10.9. The number of hydrogen-bond donors (Lipinski definition) is 0. The summed E-state index contributed by atoms with van der Waals surface area (Å²) in [5.41, 5.74) is 3.58. The molecule has 33 heavy (non-hydrogen) atoms. The van der Waals surface area contributed by atoms with Gasteiger partial charge in [-0.1, -0.05) is 12.1 Å². The van der Waals surface area contributed by atoms with E-state index in [1.807, 2.05) is 24.3 Å². The Bertz CT molecular complexity index is 1180. The molecule has 1 fully saturated rings. The third-order valence-corrected chi connectivity index (χ3v) is 7.26. The zero-order valence-electron chi connectivity index (χ0n) is 18.3. The zero-order valence-corrected chi connectivity index (χ0v) is 19.1. The summed E-state index contributed by atoms with van der Waals surface area (Å²) in [6.45, 7) is 6.02. The van der Waals surface area contributed by atoms with Crippen LogP contribution in [0.15, 0.2) is 47.4 Å². The molecule has 0 N–H and O–H groups in total. The van der Waals surface area contributed by atoms with Gasteiger partial charge in [-0.25, -0.2) is 13.9 Å². The van der Waals surface area contributed by atoms with Crippen LogP contribution < -0.4 is 0 Å². The molecule has 0 amide bonds. The van der Waals surface area contributed by atoms with Gasteiger partial charge in [0.25, 0.3) is 0 Å². The van der Waals surface area contributed by atoms with Gasteiger partial charge in [0.1, 0.15) is 11.6 Å². The van der Waals surface area contributed by atoms with Crippen molar-refractivity contribution in [2.24, 2.45) is 0 Å². The van der Waals surface area contributed by atoms with Crippen LogP contribution in [0.3, 0.4) is 0 Å². The van der Waals surface area contributed by atoms with E-state index < -0.39 is 23.0 Å². The predicted molar refractivity (Wildman–Crippen MR) is 121 cm³/mol. The molecular formula is C24H24FN3O4S. The fourth-order valence-corrected chi connectivity index (χ4v) is 5.58. The van der Waals surface area contributed by atoms with Gasteiger partial charge in [0, 0.05) is 19.6 Å². The Morgan fingerprint density at radius 2 is 1.97 bits per heavy atom. The van der Waals surface area contributed by atoms with Crippen LogP contribution in [-0.2, 0) is 32.9 Å². The fraction of sp³-hybridized carbons (Fsp3) is 0.333. The Balaban J connectivity index is 1.56. The van der Waals surface area contributed by atoms with Gasteiger partial charge in [-0.05, 0) is 54.0 Å². The van der Waals surface area contributed by atoms with Crippen molar-refractivity contribution >= 4 is 17.1 Å². The lowest BCUT2D eigenvalue weighted by atomic mass is 10.0. The van der Waals surface area contributed by atoms with Crippen molar-refractivity contribution in [2.45, 2.75) is 24.1 Å². The second kappa shape index (κ2) is 9.26. The molecule has 1 saturated heterocycles. The molecule has 2 aliphatic rings. The first kappa shape index (κ1) is 22.1. The molecule has 1 atom stereocenters. The monoisotopic (exact) mass is 469 g/mol. The second-order valence-corrected chi connectivity index (χ2v) is 9.41. The summed E-state index contributed by atoms with van der Waals surface area (Å²) in [6.07, 6.45) is 0.